The van der Waals surface area contributed by atoms with Crippen molar-refractivity contribution in [3.05, 3.63) is 59.7 Å². The number of carboxylic acids is 1. The summed E-state index contributed by atoms with van der Waals surface area (Å²) in [6.07, 6.45) is 1.20. The first-order chi connectivity index (χ1) is 15.0. The van der Waals surface area contributed by atoms with Crippen molar-refractivity contribution < 1.29 is 24.2 Å². The van der Waals surface area contributed by atoms with Gasteiger partial charge in [0.25, 0.3) is 0 Å². The number of nitrogens with one attached hydrogen (secondary N) is 2. The summed E-state index contributed by atoms with van der Waals surface area (Å²) in [6.45, 7) is -0.00910. The molecule has 0 saturated heterocycles. The van der Waals surface area contributed by atoms with Crippen LogP contribution in [0.25, 0.3) is 11.1 Å². The smallest absolute Gasteiger partial charge is 0.407 e. The molecule has 5 rings (SSSR count). The number of benzene rings is 2. The minimum absolute atomic E-state index is 0.0376. The summed E-state index contributed by atoms with van der Waals surface area (Å²) in [5.74, 6) is -0.985. The first-order valence-electron chi connectivity index (χ1n) is 10.6. The molecule has 3 atom stereocenters. The summed E-state index contributed by atoms with van der Waals surface area (Å²) in [5, 5.41) is 14.6. The zero-order chi connectivity index (χ0) is 21.6. The molecule has 0 spiro atoms. The molecule has 0 radical (unpaired) electrons. The van der Waals surface area contributed by atoms with Gasteiger partial charge in [-0.3, -0.25) is 9.59 Å². The largest absolute Gasteiger partial charge is 0.481 e. The highest BCUT2D eigenvalue weighted by Crippen LogP contribution is 2.63. The van der Waals surface area contributed by atoms with E-state index >= 15 is 0 Å². The van der Waals surface area contributed by atoms with E-state index < -0.39 is 17.5 Å². The molecule has 0 aliphatic heterocycles. The minimum Gasteiger partial charge on any atom is -0.481 e. The highest BCUT2D eigenvalue weighted by molar-refractivity contribution is 5.84. The topological polar surface area (TPSA) is 105 Å². The van der Waals surface area contributed by atoms with Gasteiger partial charge >= 0.3 is 12.1 Å². The predicted molar refractivity (Wildman–Crippen MR) is 112 cm³/mol. The van der Waals surface area contributed by atoms with Gasteiger partial charge in [-0.05, 0) is 47.4 Å². The van der Waals surface area contributed by atoms with Gasteiger partial charge in [0.1, 0.15) is 13.2 Å². The number of carboxylic acid groups (broad SMARTS) is 1. The number of hydrogen-bond donors (Lipinski definition) is 3. The van der Waals surface area contributed by atoms with Crippen LogP contribution in [0.3, 0.4) is 0 Å². The maximum atomic E-state index is 12.2. The van der Waals surface area contributed by atoms with Crippen LogP contribution in [0.15, 0.2) is 48.5 Å². The number of carbonyl (C=O) groups excluding carboxylic acids is 2. The monoisotopic (exact) mass is 420 g/mol. The maximum absolute atomic E-state index is 12.2. The van der Waals surface area contributed by atoms with Crippen molar-refractivity contribution in [2.45, 2.75) is 31.2 Å². The van der Waals surface area contributed by atoms with E-state index in [9.17, 15) is 19.5 Å². The second-order valence-corrected chi connectivity index (χ2v) is 8.75. The first-order valence-corrected chi connectivity index (χ1v) is 10.6. The van der Waals surface area contributed by atoms with Crippen molar-refractivity contribution in [3.8, 4) is 11.1 Å². The molecule has 3 unspecified atom stereocenters. The Morgan fingerprint density at radius 3 is 2.26 bits per heavy atom. The summed E-state index contributed by atoms with van der Waals surface area (Å²) >= 11 is 0. The van der Waals surface area contributed by atoms with Crippen molar-refractivity contribution in [3.63, 3.8) is 0 Å². The average molecular weight is 420 g/mol. The number of carbonyl (C=O) groups is 3. The lowest BCUT2D eigenvalue weighted by molar-refractivity contribution is -0.143. The van der Waals surface area contributed by atoms with E-state index in [1.165, 1.54) is 0 Å². The van der Waals surface area contributed by atoms with Crippen LogP contribution in [0.4, 0.5) is 4.79 Å². The summed E-state index contributed by atoms with van der Waals surface area (Å²) in [4.78, 5) is 35.7. The van der Waals surface area contributed by atoms with Gasteiger partial charge in [-0.1, -0.05) is 48.5 Å². The molecule has 3 N–H and O–H groups in total. The van der Waals surface area contributed by atoms with Gasteiger partial charge in [-0.2, -0.15) is 0 Å². The second-order valence-electron chi connectivity index (χ2n) is 8.75. The van der Waals surface area contributed by atoms with E-state index in [0.29, 0.717) is 19.3 Å². The van der Waals surface area contributed by atoms with Gasteiger partial charge in [0.15, 0.2) is 0 Å². The molecular formula is C24H24N2O5. The van der Waals surface area contributed by atoms with Crippen LogP contribution in [0.1, 0.15) is 36.3 Å². The van der Waals surface area contributed by atoms with E-state index in [0.717, 1.165) is 22.3 Å². The molecule has 3 aliphatic carbocycles. The normalized spacial score (nSPS) is 25.2. The lowest BCUT2D eigenvalue weighted by atomic mass is 9.98. The fraction of sp³-hybridized carbons (Fsp3) is 0.375. The lowest BCUT2D eigenvalue weighted by Gasteiger charge is -2.17. The van der Waals surface area contributed by atoms with E-state index in [1.807, 2.05) is 36.4 Å². The first kappa shape index (κ1) is 19.6. The van der Waals surface area contributed by atoms with E-state index in [2.05, 4.69) is 22.8 Å². The summed E-state index contributed by atoms with van der Waals surface area (Å²) < 4.78 is 5.42. The number of aliphatic carboxylic acids is 1. The molecule has 2 saturated carbocycles. The quantitative estimate of drug-likeness (QED) is 0.667. The third kappa shape index (κ3) is 3.44. The molecule has 3 aliphatic rings. The third-order valence-electron chi connectivity index (χ3n) is 6.94. The number of rotatable bonds is 6. The van der Waals surface area contributed by atoms with Gasteiger partial charge in [-0.25, -0.2) is 4.79 Å². The summed E-state index contributed by atoms with van der Waals surface area (Å²) in [7, 11) is 0. The molecule has 2 fully saturated rings. The van der Waals surface area contributed by atoms with E-state index in [-0.39, 0.29) is 36.9 Å². The fourth-order valence-electron chi connectivity index (χ4n) is 5.35. The SMILES string of the molecule is O=C(CNC(=O)OCC1c2ccccc2-c2ccccc21)NC1CC2CC2(C(=O)O)C1. The molecular weight excluding hydrogens is 396 g/mol. The van der Waals surface area contributed by atoms with Gasteiger partial charge in [0.2, 0.25) is 5.91 Å². The van der Waals surface area contributed by atoms with E-state index in [1.54, 1.807) is 0 Å². The predicted octanol–water partition coefficient (Wildman–Crippen LogP) is 2.89. The molecule has 2 aromatic rings. The van der Waals surface area contributed by atoms with Gasteiger partial charge < -0.3 is 20.5 Å². The Hall–Kier alpha value is -3.35. The summed E-state index contributed by atoms with van der Waals surface area (Å²) in [6, 6.07) is 16.0. The molecule has 160 valence electrons. The zero-order valence-electron chi connectivity index (χ0n) is 17.0. The van der Waals surface area contributed by atoms with Crippen LogP contribution in [0, 0.1) is 11.3 Å². The van der Waals surface area contributed by atoms with Crippen molar-refractivity contribution in [1.82, 2.24) is 10.6 Å². The Morgan fingerprint density at radius 1 is 1.00 bits per heavy atom. The third-order valence-corrected chi connectivity index (χ3v) is 6.94. The lowest BCUT2D eigenvalue weighted by Crippen LogP contribution is -2.42. The molecule has 7 heteroatoms. The van der Waals surface area contributed by atoms with Crippen molar-refractivity contribution in [1.29, 1.82) is 0 Å². The molecule has 7 nitrogen and oxygen atoms in total. The Morgan fingerprint density at radius 2 is 1.65 bits per heavy atom. The Kier molecular flexibility index (Phi) is 4.68. The Labute approximate surface area is 179 Å². The van der Waals surface area contributed by atoms with Gasteiger partial charge in [-0.15, -0.1) is 0 Å². The van der Waals surface area contributed by atoms with E-state index in [4.69, 9.17) is 4.74 Å². The summed E-state index contributed by atoms with van der Waals surface area (Å²) in [5.41, 5.74) is 3.92. The van der Waals surface area contributed by atoms with Crippen LogP contribution in [-0.2, 0) is 14.3 Å². The number of hydrogen-bond acceptors (Lipinski definition) is 4. The molecule has 0 bridgehead atoms. The van der Waals surface area contributed by atoms with Crippen molar-refractivity contribution in [2.24, 2.45) is 11.3 Å². The Balaban J connectivity index is 1.11. The fourth-order valence-corrected chi connectivity index (χ4v) is 5.35. The molecule has 31 heavy (non-hydrogen) atoms. The van der Waals surface area contributed by atoms with Crippen LogP contribution in [-0.4, -0.2) is 42.3 Å². The number of alkyl carbamates (subject to hydrolysis) is 1. The molecule has 2 amide bonds. The second kappa shape index (κ2) is 7.41. The van der Waals surface area contributed by atoms with Crippen LogP contribution < -0.4 is 10.6 Å². The van der Waals surface area contributed by atoms with Crippen LogP contribution in [0.2, 0.25) is 0 Å². The van der Waals surface area contributed by atoms with Gasteiger partial charge in [0.05, 0.1) is 5.41 Å². The van der Waals surface area contributed by atoms with Crippen molar-refractivity contribution in [2.75, 3.05) is 13.2 Å². The number of fused-ring (bicyclic) bond motifs is 4. The van der Waals surface area contributed by atoms with Crippen LogP contribution >= 0.6 is 0 Å². The molecule has 0 aromatic heterocycles. The average Bonchev–Trinajstić information content (AvgIpc) is 3.20. The minimum atomic E-state index is -0.772. The Bertz CT molecular complexity index is 1020. The zero-order valence-corrected chi connectivity index (χ0v) is 17.0. The van der Waals surface area contributed by atoms with Crippen molar-refractivity contribution >= 4 is 18.0 Å². The molecule has 0 heterocycles. The highest BCUT2D eigenvalue weighted by Gasteiger charge is 2.65. The van der Waals surface area contributed by atoms with Gasteiger partial charge in [0, 0.05) is 12.0 Å². The molecule has 2 aromatic carbocycles. The number of amides is 2. The standard InChI is InChI=1S/C24H24N2O5/c27-21(26-15-9-14-10-24(14,11-15)22(28)29)12-25-23(30)31-13-20-18-7-3-1-5-16(18)17-6-2-4-8-19(17)20/h1-8,14-15,20H,9-13H2,(H,25,30)(H,26,27)(H,28,29). The number of ether oxygens (including phenoxy) is 1. The van der Waals surface area contributed by atoms with Crippen LogP contribution in [0.5, 0.6) is 0 Å². The highest BCUT2D eigenvalue weighted by atomic mass is 16.5. The maximum Gasteiger partial charge on any atom is 0.407 e.